The first-order valence-corrected chi connectivity index (χ1v) is 18.5. The van der Waals surface area contributed by atoms with E-state index >= 15 is 0 Å². The molecule has 278 valence electrons. The number of oxazole rings is 1. The van der Waals surface area contributed by atoms with E-state index in [9.17, 15) is 14.4 Å². The minimum atomic E-state index is -1.18. The zero-order valence-electron chi connectivity index (χ0n) is 30.4. The minimum absolute atomic E-state index is 0.00860. The van der Waals surface area contributed by atoms with Crippen LogP contribution in [0.1, 0.15) is 61.9 Å². The fourth-order valence-corrected chi connectivity index (χ4v) is 7.29. The van der Waals surface area contributed by atoms with Crippen LogP contribution in [0.5, 0.6) is 0 Å². The van der Waals surface area contributed by atoms with Crippen LogP contribution in [0.2, 0.25) is 0 Å². The fourth-order valence-electron chi connectivity index (χ4n) is 5.82. The van der Waals surface area contributed by atoms with Crippen molar-refractivity contribution < 1.29 is 33.0 Å². The molecule has 3 N–H and O–H groups in total. The largest absolute Gasteiger partial charge is 0.473 e. The predicted octanol–water partition coefficient (Wildman–Crippen LogP) is 5.96. The summed E-state index contributed by atoms with van der Waals surface area (Å²) in [5.74, 6) is -0.561. The molecule has 0 saturated carbocycles. The topological polar surface area (TPSA) is 155 Å². The molecule has 1 amide bonds. The number of benzene rings is 3. The van der Waals surface area contributed by atoms with Gasteiger partial charge in [0, 0.05) is 0 Å². The van der Waals surface area contributed by atoms with Gasteiger partial charge in [-0.1, -0.05) is 111 Å². The average molecular weight is 739 g/mol. The summed E-state index contributed by atoms with van der Waals surface area (Å²) in [7, 11) is 1.28. The van der Waals surface area contributed by atoms with E-state index in [1.807, 2.05) is 49.9 Å². The normalized spacial score (nSPS) is 16.8. The number of hydrogen-bond acceptors (Lipinski definition) is 11. The van der Waals surface area contributed by atoms with Crippen LogP contribution >= 0.6 is 11.8 Å². The fraction of sp³-hybridized carbons (Fsp3) is 0.341. The molecule has 2 heterocycles. The third-order valence-electron chi connectivity index (χ3n) is 8.81. The highest BCUT2D eigenvalue weighted by Gasteiger charge is 2.41. The summed E-state index contributed by atoms with van der Waals surface area (Å²) >= 11 is 1.82. The number of nitrogens with two attached hydrogens (primary N) is 1. The summed E-state index contributed by atoms with van der Waals surface area (Å²) in [6.07, 6.45) is 4.68. The van der Waals surface area contributed by atoms with Crippen molar-refractivity contribution in [1.29, 1.82) is 0 Å². The van der Waals surface area contributed by atoms with E-state index in [1.54, 1.807) is 13.0 Å². The van der Waals surface area contributed by atoms with Crippen molar-refractivity contribution in [3.63, 3.8) is 0 Å². The molecular weight excluding hydrogens is 693 g/mol. The van der Waals surface area contributed by atoms with Crippen LogP contribution in [0.25, 0.3) is 0 Å². The molecule has 0 radical (unpaired) electrons. The molecule has 0 aliphatic carbocycles. The highest BCUT2D eigenvalue weighted by molar-refractivity contribution is 8.00. The Labute approximate surface area is 314 Å². The highest BCUT2D eigenvalue weighted by atomic mass is 32.2. The third kappa shape index (κ3) is 9.62. The molecule has 1 unspecified atom stereocenters. The maximum absolute atomic E-state index is 13.1. The Morgan fingerprint density at radius 1 is 0.981 bits per heavy atom. The summed E-state index contributed by atoms with van der Waals surface area (Å²) in [5, 5.41) is 2.77. The zero-order valence-corrected chi connectivity index (χ0v) is 31.2. The van der Waals surface area contributed by atoms with Crippen LogP contribution in [0.4, 0.5) is 0 Å². The van der Waals surface area contributed by atoms with E-state index in [2.05, 4.69) is 88.1 Å². The number of amides is 1. The number of esters is 2. The number of aromatic nitrogens is 1. The Balaban J connectivity index is 1.26. The standard InChI is InChI=1S/C41H46N4O7S/c1-28(2)36(42)38(47)52-32(24-34(46)43-25-35-44-33(26-50-35)37-45-40(3,27-51-37)39(48)49-4)22-14-15-23-53-41(29-16-8-5-9-17-29,30-18-10-6-11-19-30)31-20-12-7-13-21-31/h5-14,16-22,26,28,32,36H,15,23-25,27,42H2,1-4H3,(H,43,46)/b22-14+/t32-,36?,40+/m1/s1. The molecule has 5 rings (SSSR count). The summed E-state index contributed by atoms with van der Waals surface area (Å²) in [5.41, 5.74) is 8.70. The summed E-state index contributed by atoms with van der Waals surface area (Å²) in [6, 6.07) is 30.5. The lowest BCUT2D eigenvalue weighted by Gasteiger charge is -2.35. The van der Waals surface area contributed by atoms with Crippen molar-refractivity contribution in [3.05, 3.63) is 138 Å². The zero-order chi connectivity index (χ0) is 37.8. The number of nitrogens with zero attached hydrogens (tertiary/aromatic N) is 2. The number of thioether (sulfide) groups is 1. The highest BCUT2D eigenvalue weighted by Crippen LogP contribution is 2.48. The Morgan fingerprint density at radius 2 is 1.57 bits per heavy atom. The van der Waals surface area contributed by atoms with E-state index in [4.69, 9.17) is 24.4 Å². The number of allylic oxidation sites excluding steroid dienone is 1. The molecule has 1 aromatic heterocycles. The Hall–Kier alpha value is -5.20. The second-order valence-corrected chi connectivity index (χ2v) is 14.5. The molecule has 12 heteroatoms. The predicted molar refractivity (Wildman–Crippen MR) is 204 cm³/mol. The van der Waals surface area contributed by atoms with Crippen LogP contribution in [0, 0.1) is 5.92 Å². The quantitative estimate of drug-likeness (QED) is 0.0574. The van der Waals surface area contributed by atoms with Crippen LogP contribution in [0.3, 0.4) is 0 Å². The number of hydrogen-bond donors (Lipinski definition) is 2. The van der Waals surface area contributed by atoms with Gasteiger partial charge < -0.3 is 29.7 Å². The van der Waals surface area contributed by atoms with Crippen molar-refractivity contribution in [1.82, 2.24) is 10.3 Å². The number of rotatable bonds is 17. The van der Waals surface area contributed by atoms with Gasteiger partial charge in [-0.25, -0.2) is 14.8 Å². The Morgan fingerprint density at radius 3 is 2.11 bits per heavy atom. The molecule has 3 aromatic carbocycles. The van der Waals surface area contributed by atoms with Crippen LogP contribution in [-0.2, 0) is 39.9 Å². The van der Waals surface area contributed by atoms with Crippen LogP contribution < -0.4 is 11.1 Å². The van der Waals surface area contributed by atoms with E-state index in [-0.39, 0.29) is 48.9 Å². The number of aliphatic imine (C=N–C) groups is 1. The molecule has 0 spiro atoms. The lowest BCUT2D eigenvalue weighted by Crippen LogP contribution is -2.39. The first-order chi connectivity index (χ1) is 25.6. The van der Waals surface area contributed by atoms with Gasteiger partial charge in [0.2, 0.25) is 17.7 Å². The van der Waals surface area contributed by atoms with Crippen molar-refractivity contribution >= 4 is 35.5 Å². The van der Waals surface area contributed by atoms with Crippen molar-refractivity contribution in [2.24, 2.45) is 16.6 Å². The molecule has 4 aromatic rings. The van der Waals surface area contributed by atoms with E-state index in [0.29, 0.717) is 6.42 Å². The number of methoxy groups -OCH3 is 1. The molecule has 1 aliphatic rings. The summed E-state index contributed by atoms with van der Waals surface area (Å²) in [4.78, 5) is 46.7. The molecule has 0 bridgehead atoms. The third-order valence-corrected chi connectivity index (χ3v) is 10.4. The van der Waals surface area contributed by atoms with Crippen molar-refractivity contribution in [2.75, 3.05) is 19.5 Å². The van der Waals surface area contributed by atoms with Gasteiger partial charge in [0.25, 0.3) is 0 Å². The maximum Gasteiger partial charge on any atom is 0.337 e. The SMILES string of the molecule is COC(=O)[C@]1(C)COC(c2coc(CNC(=O)C[C@@H](/C=C/CCSC(c3ccccc3)(c3ccccc3)c3ccccc3)OC(=O)C(N)C(C)C)n2)=N1. The molecule has 3 atom stereocenters. The van der Waals surface area contributed by atoms with Gasteiger partial charge in [0.15, 0.2) is 11.2 Å². The van der Waals surface area contributed by atoms with Gasteiger partial charge >= 0.3 is 11.9 Å². The second kappa shape index (κ2) is 18.0. The minimum Gasteiger partial charge on any atom is -0.473 e. The van der Waals surface area contributed by atoms with Gasteiger partial charge in [-0.2, -0.15) is 0 Å². The monoisotopic (exact) mass is 738 g/mol. The summed E-state index contributed by atoms with van der Waals surface area (Å²) < 4.78 is 21.1. The molecule has 11 nitrogen and oxygen atoms in total. The van der Waals surface area contributed by atoms with Gasteiger partial charge in [0.05, 0.1) is 24.8 Å². The number of carbonyl (C=O) groups excluding carboxylic acids is 3. The number of nitrogens with one attached hydrogen (secondary N) is 1. The second-order valence-electron chi connectivity index (χ2n) is 13.2. The lowest BCUT2D eigenvalue weighted by atomic mass is 9.84. The van der Waals surface area contributed by atoms with Crippen molar-refractivity contribution in [2.45, 2.75) is 62.6 Å². The smallest absolute Gasteiger partial charge is 0.337 e. The van der Waals surface area contributed by atoms with Gasteiger partial charge in [-0.05, 0) is 47.8 Å². The first-order valence-electron chi connectivity index (χ1n) is 17.5. The average Bonchev–Trinajstić information content (AvgIpc) is 3.83. The van der Waals surface area contributed by atoms with Crippen LogP contribution in [0.15, 0.2) is 119 Å². The van der Waals surface area contributed by atoms with Crippen LogP contribution in [-0.4, -0.2) is 65.9 Å². The van der Waals surface area contributed by atoms with Gasteiger partial charge in [0.1, 0.15) is 25.0 Å². The molecule has 0 fully saturated rings. The number of ether oxygens (including phenoxy) is 3. The van der Waals surface area contributed by atoms with Gasteiger partial charge in [-0.15, -0.1) is 11.8 Å². The Bertz CT molecular complexity index is 1790. The lowest BCUT2D eigenvalue weighted by molar-refractivity contribution is -0.150. The molecule has 53 heavy (non-hydrogen) atoms. The Kier molecular flexibility index (Phi) is 13.3. The molecule has 1 aliphatic heterocycles. The maximum atomic E-state index is 13.1. The molecule has 0 saturated heterocycles. The van der Waals surface area contributed by atoms with Crippen molar-refractivity contribution in [3.8, 4) is 0 Å². The number of carbonyl (C=O) groups is 3. The summed E-state index contributed by atoms with van der Waals surface area (Å²) in [6.45, 7) is 5.25. The van der Waals surface area contributed by atoms with E-state index in [0.717, 1.165) is 5.75 Å². The first kappa shape index (κ1) is 39.0. The van der Waals surface area contributed by atoms with Gasteiger partial charge in [-0.3, -0.25) is 9.59 Å². The van der Waals surface area contributed by atoms with E-state index in [1.165, 1.54) is 30.1 Å². The molecular formula is C41H46N4O7S. The van der Waals surface area contributed by atoms with E-state index < -0.39 is 34.4 Å².